The van der Waals surface area contributed by atoms with Crippen molar-refractivity contribution in [2.75, 3.05) is 25.0 Å². The zero-order valence-electron chi connectivity index (χ0n) is 33.0. The number of aliphatic carboxylic acids is 1. The van der Waals surface area contributed by atoms with Crippen LogP contribution in [0.3, 0.4) is 0 Å². The zero-order valence-corrected chi connectivity index (χ0v) is 33.8. The minimum Gasteiger partial charge on any atom is -0.481 e. The molecule has 8 rings (SSSR count). The first-order valence-electron chi connectivity index (χ1n) is 19.9. The van der Waals surface area contributed by atoms with Gasteiger partial charge in [0, 0.05) is 47.6 Å². The molecular weight excluding hydrogens is 765 g/mol. The van der Waals surface area contributed by atoms with E-state index in [1.54, 1.807) is 12.3 Å². The van der Waals surface area contributed by atoms with E-state index < -0.39 is 11.9 Å². The first kappa shape index (κ1) is 41.7. The number of carbonyl (C=O) groups excluding carboxylic acids is 1. The van der Waals surface area contributed by atoms with Crippen LogP contribution in [0.5, 0.6) is 0 Å². The van der Waals surface area contributed by atoms with Gasteiger partial charge in [-0.3, -0.25) is 19.6 Å². The Kier molecular flexibility index (Phi) is 12.0. The Morgan fingerprint density at radius 3 is 2.58 bits per heavy atom. The number of pyridine rings is 1. The highest BCUT2D eigenvalue weighted by atomic mass is 32.1. The second-order valence-corrected chi connectivity index (χ2v) is 17.7. The van der Waals surface area contributed by atoms with Crippen LogP contribution in [0, 0.1) is 23.7 Å². The van der Waals surface area contributed by atoms with E-state index in [9.17, 15) is 19.5 Å². The van der Waals surface area contributed by atoms with Crippen LogP contribution in [0.15, 0.2) is 79.0 Å². The van der Waals surface area contributed by atoms with E-state index in [1.807, 2.05) is 78.3 Å². The van der Waals surface area contributed by atoms with Gasteiger partial charge in [0.05, 0.1) is 41.2 Å². The van der Waals surface area contributed by atoms with Gasteiger partial charge in [0.15, 0.2) is 10.8 Å². The lowest BCUT2D eigenvalue weighted by molar-refractivity contribution is -0.137. The summed E-state index contributed by atoms with van der Waals surface area (Å²) < 4.78 is 9.44. The number of aromatic nitrogens is 4. The van der Waals surface area contributed by atoms with E-state index in [0.29, 0.717) is 65.1 Å². The van der Waals surface area contributed by atoms with Crippen LogP contribution in [-0.2, 0) is 16.1 Å². The first-order chi connectivity index (χ1) is 27.9. The number of fused-ring (bicyclic) bond motifs is 4. The van der Waals surface area contributed by atoms with Crippen molar-refractivity contribution in [3.05, 3.63) is 95.9 Å². The number of anilines is 1. The van der Waals surface area contributed by atoms with Gasteiger partial charge in [-0.2, -0.15) is 5.10 Å². The van der Waals surface area contributed by atoms with Gasteiger partial charge < -0.3 is 20.3 Å². The molecule has 2 fully saturated rings. The fourth-order valence-corrected chi connectivity index (χ4v) is 10.8. The highest BCUT2D eigenvalue weighted by molar-refractivity contribution is 7.22. The molecule has 0 spiro atoms. The summed E-state index contributed by atoms with van der Waals surface area (Å²) in [5, 5.41) is 32.5. The lowest BCUT2D eigenvalue weighted by atomic mass is 9.52. The third-order valence-electron chi connectivity index (χ3n) is 11.9. The molecule has 2 aliphatic carbocycles. The average molecular weight is 817 g/mol. The van der Waals surface area contributed by atoms with Gasteiger partial charge in [-0.1, -0.05) is 69.0 Å². The highest BCUT2D eigenvalue weighted by Crippen LogP contribution is 2.58. The van der Waals surface area contributed by atoms with Gasteiger partial charge in [0.25, 0.3) is 5.91 Å². The number of benzene rings is 3. The van der Waals surface area contributed by atoms with Crippen molar-refractivity contribution in [1.29, 1.82) is 0 Å². The van der Waals surface area contributed by atoms with Crippen molar-refractivity contribution >= 4 is 55.3 Å². The minimum atomic E-state index is -1.14. The Balaban J connectivity index is 0.00000528. The molecule has 4 atom stereocenters. The maximum atomic E-state index is 13.6. The molecule has 4 unspecified atom stereocenters. The molecule has 2 saturated carbocycles. The fourth-order valence-electron chi connectivity index (χ4n) is 9.95. The lowest BCUT2D eigenvalue weighted by Gasteiger charge is -2.55. The summed E-state index contributed by atoms with van der Waals surface area (Å²) in [4.78, 5) is 46.5. The number of hydrogen-bond donors (Lipinski definition) is 4. The average Bonchev–Trinajstić information content (AvgIpc) is 3.76. The maximum absolute atomic E-state index is 13.6. The van der Waals surface area contributed by atoms with Crippen molar-refractivity contribution in [2.45, 2.75) is 79.4 Å². The fraction of sp³-hybridized carbons (Fsp3) is 0.391. The van der Waals surface area contributed by atoms with Crippen LogP contribution in [0.1, 0.15) is 86.3 Å². The van der Waals surface area contributed by atoms with Gasteiger partial charge in [0.2, 0.25) is 0 Å². The van der Waals surface area contributed by atoms with Crippen molar-refractivity contribution in [1.82, 2.24) is 25.1 Å². The van der Waals surface area contributed by atoms with Crippen molar-refractivity contribution in [3.8, 4) is 22.4 Å². The van der Waals surface area contributed by atoms with Crippen LogP contribution < -0.4 is 10.6 Å². The van der Waals surface area contributed by atoms with Gasteiger partial charge in [0.1, 0.15) is 0 Å². The molecule has 0 radical (unpaired) electrons. The summed E-state index contributed by atoms with van der Waals surface area (Å²) in [6.07, 6.45) is 7.11. The molecule has 0 saturated heterocycles. The Hall–Kier alpha value is -5.50. The number of thiazole rings is 1. The molecule has 308 valence electrons. The zero-order chi connectivity index (χ0) is 40.6. The van der Waals surface area contributed by atoms with Crippen LogP contribution in [0.2, 0.25) is 0 Å². The highest BCUT2D eigenvalue weighted by Gasteiger charge is 2.51. The maximum Gasteiger partial charge on any atom is 0.355 e. The number of nitrogens with zero attached hydrogens (tertiary/aromatic N) is 4. The number of carbonyl (C=O) groups is 3. The monoisotopic (exact) mass is 816 g/mol. The number of aromatic carboxylic acids is 1. The second kappa shape index (κ2) is 17.0. The van der Waals surface area contributed by atoms with E-state index in [2.05, 4.69) is 29.5 Å². The molecule has 1 amide bonds. The Morgan fingerprint density at radius 1 is 0.949 bits per heavy atom. The Bertz CT molecular complexity index is 2500. The summed E-state index contributed by atoms with van der Waals surface area (Å²) in [6, 6.07) is 22.6. The van der Waals surface area contributed by atoms with Crippen LogP contribution in [0.4, 0.5) is 5.13 Å². The van der Waals surface area contributed by atoms with Crippen molar-refractivity contribution < 1.29 is 29.3 Å². The quantitative estimate of drug-likeness (QED) is 0.0778. The number of hydrogen-bond acceptors (Lipinski definition) is 9. The van der Waals surface area contributed by atoms with E-state index in [1.165, 1.54) is 11.3 Å². The standard InChI is InChI=1S/C45H48N6O6S.CH4/c1-27-20-44(3)22-31(57-18-17-46-16-15-39(52)53)23-45(21-27,25-44)26-51-28(2)35(24-47-51)32-13-14-36(48-40(32)42(55)56)30-12-11-29-7-6-8-33(34(29)19-30)41(54)50-43-49-37-9-4-5-10-38(37)58-43;/h4-14,19,24,27,31,46H,15-18,20-23,25-26H2,1-3H3,(H,52,53)(H,55,56)(H,49,50,54);1H4. The van der Waals surface area contributed by atoms with Gasteiger partial charge >= 0.3 is 11.9 Å². The van der Waals surface area contributed by atoms with E-state index in [4.69, 9.17) is 19.9 Å². The second-order valence-electron chi connectivity index (χ2n) is 16.7. The molecule has 3 heterocycles. The van der Waals surface area contributed by atoms with E-state index in [-0.39, 0.29) is 42.4 Å². The van der Waals surface area contributed by atoms with E-state index in [0.717, 1.165) is 59.0 Å². The number of carboxylic acid groups (broad SMARTS) is 2. The molecule has 59 heavy (non-hydrogen) atoms. The molecule has 6 aromatic rings. The molecule has 0 aliphatic heterocycles. The lowest BCUT2D eigenvalue weighted by Crippen LogP contribution is -2.49. The predicted octanol–water partition coefficient (Wildman–Crippen LogP) is 9.33. The molecule has 3 aromatic heterocycles. The topological polar surface area (TPSA) is 169 Å². The Morgan fingerprint density at radius 2 is 1.78 bits per heavy atom. The molecule has 13 heteroatoms. The smallest absolute Gasteiger partial charge is 0.355 e. The largest absolute Gasteiger partial charge is 0.481 e. The number of amides is 1. The van der Waals surface area contributed by atoms with E-state index >= 15 is 0 Å². The summed E-state index contributed by atoms with van der Waals surface area (Å²) in [5.74, 6) is -1.68. The number of para-hydroxylation sites is 1. The summed E-state index contributed by atoms with van der Waals surface area (Å²) in [5.41, 5.74) is 4.61. The van der Waals surface area contributed by atoms with Gasteiger partial charge in [-0.05, 0) is 103 Å². The Labute approximate surface area is 348 Å². The summed E-state index contributed by atoms with van der Waals surface area (Å²) >= 11 is 1.41. The predicted molar refractivity (Wildman–Crippen MR) is 232 cm³/mol. The number of rotatable bonds is 14. The van der Waals surface area contributed by atoms with Gasteiger partial charge in [-0.15, -0.1) is 0 Å². The first-order valence-corrected chi connectivity index (χ1v) is 20.7. The normalized spacial score (nSPS) is 21.3. The minimum absolute atomic E-state index is 0. The number of nitrogens with one attached hydrogen (secondary N) is 2. The SMILES string of the molecule is C.Cc1c(-c2ccc(-c3ccc4cccc(C(=O)Nc5nc6ccccc6s5)c4c3)nc2C(=O)O)cnn1CC12CC(C)CC(C)(CC(OCCNCCC(=O)O)C1)C2. The van der Waals surface area contributed by atoms with Crippen LogP contribution in [0.25, 0.3) is 43.4 Å². The molecule has 2 aliphatic rings. The van der Waals surface area contributed by atoms with Crippen molar-refractivity contribution in [3.63, 3.8) is 0 Å². The summed E-state index contributed by atoms with van der Waals surface area (Å²) in [6.45, 7) is 8.96. The molecule has 3 aromatic carbocycles. The number of ether oxygens (including phenoxy) is 1. The molecule has 12 nitrogen and oxygen atoms in total. The van der Waals surface area contributed by atoms with Gasteiger partial charge in [-0.25, -0.2) is 14.8 Å². The van der Waals surface area contributed by atoms with Crippen molar-refractivity contribution in [2.24, 2.45) is 16.7 Å². The molecule has 4 N–H and O–H groups in total. The van der Waals surface area contributed by atoms with Crippen LogP contribution >= 0.6 is 11.3 Å². The molecular formula is C46H52N6O6S. The summed E-state index contributed by atoms with van der Waals surface area (Å²) in [7, 11) is 0. The van der Waals surface area contributed by atoms with Crippen LogP contribution in [-0.4, -0.2) is 73.6 Å². The third kappa shape index (κ3) is 8.92. The number of carboxylic acids is 2. The third-order valence-corrected chi connectivity index (χ3v) is 12.8. The molecule has 2 bridgehead atoms.